The van der Waals surface area contributed by atoms with Gasteiger partial charge < -0.3 is 9.64 Å². The average molecular weight is 305 g/mol. The van der Waals surface area contributed by atoms with E-state index in [1.54, 1.807) is 6.07 Å². The molecule has 0 amide bonds. The van der Waals surface area contributed by atoms with Gasteiger partial charge in [0.1, 0.15) is 5.15 Å². The molecule has 1 aromatic rings. The monoisotopic (exact) mass is 304 g/mol. The van der Waals surface area contributed by atoms with Gasteiger partial charge in [-0.3, -0.25) is 4.79 Å². The van der Waals surface area contributed by atoms with Crippen LogP contribution in [0.15, 0.2) is 6.07 Å². The summed E-state index contributed by atoms with van der Waals surface area (Å²) < 4.78 is 4.59. The molecule has 6 heteroatoms. The topological polar surface area (TPSA) is 42.4 Å². The normalized spacial score (nSPS) is 10.8. The predicted molar refractivity (Wildman–Crippen MR) is 76.6 cm³/mol. The van der Waals surface area contributed by atoms with Crippen molar-refractivity contribution in [2.75, 3.05) is 20.7 Å². The average Bonchev–Trinajstić information content (AvgIpc) is 2.33. The quantitative estimate of drug-likeness (QED) is 0.598. The van der Waals surface area contributed by atoms with Crippen LogP contribution >= 0.6 is 23.2 Å². The Labute approximate surface area is 123 Å². The van der Waals surface area contributed by atoms with E-state index in [1.807, 2.05) is 18.9 Å². The summed E-state index contributed by atoms with van der Waals surface area (Å²) in [6.45, 7) is 3.21. The molecular formula is C13H18Cl2N2O2. The zero-order chi connectivity index (χ0) is 14.4. The Morgan fingerprint density at radius 3 is 2.74 bits per heavy atom. The highest BCUT2D eigenvalue weighted by atomic mass is 35.5. The van der Waals surface area contributed by atoms with E-state index in [2.05, 4.69) is 9.72 Å². The van der Waals surface area contributed by atoms with Crippen LogP contribution in [0.2, 0.25) is 10.2 Å². The van der Waals surface area contributed by atoms with Crippen LogP contribution in [0.4, 0.5) is 0 Å². The van der Waals surface area contributed by atoms with Crippen molar-refractivity contribution in [3.63, 3.8) is 0 Å². The fraction of sp³-hybridized carbons (Fsp3) is 0.538. The van der Waals surface area contributed by atoms with Gasteiger partial charge >= 0.3 is 5.97 Å². The largest absolute Gasteiger partial charge is 0.469 e. The van der Waals surface area contributed by atoms with Gasteiger partial charge in [0, 0.05) is 29.2 Å². The summed E-state index contributed by atoms with van der Waals surface area (Å²) >= 11 is 12.3. The third kappa shape index (κ3) is 5.35. The molecule has 4 nitrogen and oxygen atoms in total. The lowest BCUT2D eigenvalue weighted by Gasteiger charge is -2.18. The lowest BCUT2D eigenvalue weighted by molar-refractivity contribution is -0.140. The first-order valence-corrected chi connectivity index (χ1v) is 6.76. The zero-order valence-electron chi connectivity index (χ0n) is 11.4. The van der Waals surface area contributed by atoms with E-state index in [-0.39, 0.29) is 5.97 Å². The van der Waals surface area contributed by atoms with Gasteiger partial charge in [0.05, 0.1) is 7.11 Å². The molecule has 1 heterocycles. The van der Waals surface area contributed by atoms with E-state index in [0.29, 0.717) is 23.1 Å². The summed E-state index contributed by atoms with van der Waals surface area (Å²) in [7, 11) is 3.34. The number of ether oxygens (including phenoxy) is 1. The van der Waals surface area contributed by atoms with Gasteiger partial charge in [-0.05, 0) is 33.0 Å². The van der Waals surface area contributed by atoms with Crippen molar-refractivity contribution in [2.45, 2.75) is 26.3 Å². The number of rotatable bonds is 6. The van der Waals surface area contributed by atoms with Gasteiger partial charge in [-0.1, -0.05) is 23.2 Å². The molecule has 0 aliphatic carbocycles. The number of aryl methyl sites for hydroxylation is 1. The van der Waals surface area contributed by atoms with E-state index >= 15 is 0 Å². The van der Waals surface area contributed by atoms with E-state index in [4.69, 9.17) is 23.2 Å². The predicted octanol–water partition coefficient (Wildman–Crippen LogP) is 3.08. The smallest absolute Gasteiger partial charge is 0.305 e. The molecule has 1 rings (SSSR count). The molecule has 0 radical (unpaired) electrons. The highest BCUT2D eigenvalue weighted by Gasteiger charge is 2.11. The van der Waals surface area contributed by atoms with Gasteiger partial charge in [-0.25, -0.2) is 4.98 Å². The number of hydrogen-bond acceptors (Lipinski definition) is 4. The van der Waals surface area contributed by atoms with Crippen LogP contribution in [-0.4, -0.2) is 36.6 Å². The highest BCUT2D eigenvalue weighted by Crippen LogP contribution is 2.24. The van der Waals surface area contributed by atoms with E-state index in [1.165, 1.54) is 7.11 Å². The van der Waals surface area contributed by atoms with Crippen LogP contribution in [0.5, 0.6) is 0 Å². The Kier molecular flexibility index (Phi) is 6.55. The Bertz CT molecular complexity index is 429. The second-order valence-corrected chi connectivity index (χ2v) is 5.20. The number of nitrogens with zero attached hydrogens (tertiary/aromatic N) is 2. The Hall–Kier alpha value is -0.840. The molecule has 0 aromatic carbocycles. The second-order valence-electron chi connectivity index (χ2n) is 4.43. The molecule has 0 spiro atoms. The van der Waals surface area contributed by atoms with Crippen LogP contribution in [0.3, 0.4) is 0 Å². The maximum absolute atomic E-state index is 11.0. The minimum atomic E-state index is -0.193. The first-order valence-electron chi connectivity index (χ1n) is 6.01. The molecule has 0 fully saturated rings. The first kappa shape index (κ1) is 16.2. The summed E-state index contributed by atoms with van der Waals surface area (Å²) in [6.07, 6.45) is 1.14. The van der Waals surface area contributed by atoms with Gasteiger partial charge in [0.2, 0.25) is 0 Å². The number of aromatic nitrogens is 1. The number of pyridine rings is 1. The molecular weight excluding hydrogens is 287 g/mol. The third-order valence-corrected chi connectivity index (χ3v) is 3.37. The first-order chi connectivity index (χ1) is 8.93. The van der Waals surface area contributed by atoms with E-state index in [9.17, 15) is 4.79 Å². The number of carbonyl (C=O) groups excluding carboxylic acids is 1. The Morgan fingerprint density at radius 2 is 2.16 bits per heavy atom. The van der Waals surface area contributed by atoms with Crippen molar-refractivity contribution in [1.29, 1.82) is 0 Å². The van der Waals surface area contributed by atoms with Crippen molar-refractivity contribution in [1.82, 2.24) is 9.88 Å². The van der Waals surface area contributed by atoms with E-state index < -0.39 is 0 Å². The molecule has 0 unspecified atom stereocenters. The Balaban J connectivity index is 2.53. The molecule has 0 bridgehead atoms. The van der Waals surface area contributed by atoms with Crippen LogP contribution in [-0.2, 0) is 16.1 Å². The minimum Gasteiger partial charge on any atom is -0.469 e. The van der Waals surface area contributed by atoms with Crippen molar-refractivity contribution < 1.29 is 9.53 Å². The standard InChI is InChI=1S/C13H18Cl2N2O2/c1-9-7-11(14)10(13(15)16-9)8-17(2)6-4-5-12(18)19-3/h7H,4-6,8H2,1-3H3. The van der Waals surface area contributed by atoms with Crippen LogP contribution in [0.1, 0.15) is 24.1 Å². The van der Waals surface area contributed by atoms with Crippen LogP contribution in [0.25, 0.3) is 0 Å². The number of methoxy groups -OCH3 is 1. The zero-order valence-corrected chi connectivity index (χ0v) is 12.9. The maximum atomic E-state index is 11.0. The molecule has 0 saturated heterocycles. The molecule has 1 aromatic heterocycles. The summed E-state index contributed by atoms with van der Waals surface area (Å²) in [5, 5.41) is 1.06. The maximum Gasteiger partial charge on any atom is 0.305 e. The number of halogens is 2. The van der Waals surface area contributed by atoms with Crippen molar-refractivity contribution in [3.8, 4) is 0 Å². The molecule has 0 atom stereocenters. The Morgan fingerprint density at radius 1 is 1.47 bits per heavy atom. The second kappa shape index (κ2) is 7.68. The molecule has 0 N–H and O–H groups in total. The number of hydrogen-bond donors (Lipinski definition) is 0. The third-order valence-electron chi connectivity index (χ3n) is 2.72. The fourth-order valence-corrected chi connectivity index (χ4v) is 2.36. The SMILES string of the molecule is COC(=O)CCCN(C)Cc1c(Cl)cc(C)nc1Cl. The van der Waals surface area contributed by atoms with Crippen LogP contribution < -0.4 is 0 Å². The van der Waals surface area contributed by atoms with Gasteiger partial charge in [-0.15, -0.1) is 0 Å². The van der Waals surface area contributed by atoms with Crippen molar-refractivity contribution in [3.05, 3.63) is 27.5 Å². The van der Waals surface area contributed by atoms with E-state index in [0.717, 1.165) is 24.2 Å². The highest BCUT2D eigenvalue weighted by molar-refractivity contribution is 6.35. The summed E-state index contributed by atoms with van der Waals surface area (Å²) in [4.78, 5) is 17.2. The van der Waals surface area contributed by atoms with Gasteiger partial charge in [0.25, 0.3) is 0 Å². The minimum absolute atomic E-state index is 0.193. The molecule has 106 valence electrons. The number of carbonyl (C=O) groups is 1. The summed E-state index contributed by atoms with van der Waals surface area (Å²) in [5.74, 6) is -0.193. The fourth-order valence-electron chi connectivity index (χ4n) is 1.71. The van der Waals surface area contributed by atoms with Gasteiger partial charge in [-0.2, -0.15) is 0 Å². The van der Waals surface area contributed by atoms with Crippen LogP contribution in [0, 0.1) is 6.92 Å². The molecule has 0 aliphatic rings. The molecule has 0 saturated carbocycles. The summed E-state index contributed by atoms with van der Waals surface area (Å²) in [6, 6.07) is 1.80. The summed E-state index contributed by atoms with van der Waals surface area (Å²) in [5.41, 5.74) is 1.61. The van der Waals surface area contributed by atoms with Crippen molar-refractivity contribution >= 4 is 29.2 Å². The lowest BCUT2D eigenvalue weighted by Crippen LogP contribution is -2.20. The molecule has 0 aliphatic heterocycles. The molecule has 19 heavy (non-hydrogen) atoms. The van der Waals surface area contributed by atoms with Crippen molar-refractivity contribution in [2.24, 2.45) is 0 Å². The lowest BCUT2D eigenvalue weighted by atomic mass is 10.2. The number of esters is 1. The van der Waals surface area contributed by atoms with Gasteiger partial charge in [0.15, 0.2) is 0 Å².